The summed E-state index contributed by atoms with van der Waals surface area (Å²) in [6.07, 6.45) is -1.78. The number of fused-ring (bicyclic) bond motifs is 1. The SMILES string of the molecule is O=Cc1c(C(F)(F)F)cc2n1CCCC2. The van der Waals surface area contributed by atoms with Crippen molar-refractivity contribution in [1.82, 2.24) is 4.57 Å². The molecule has 1 aliphatic heterocycles. The second kappa shape index (κ2) is 3.40. The number of rotatable bonds is 1. The van der Waals surface area contributed by atoms with E-state index in [1.807, 2.05) is 0 Å². The largest absolute Gasteiger partial charge is 0.418 e. The molecule has 5 heteroatoms. The van der Waals surface area contributed by atoms with Crippen LogP contribution in [-0.2, 0) is 19.1 Å². The number of aromatic nitrogens is 1. The van der Waals surface area contributed by atoms with Crippen LogP contribution in [0.2, 0.25) is 0 Å². The second-order valence-electron chi connectivity index (χ2n) is 3.66. The summed E-state index contributed by atoms with van der Waals surface area (Å²) in [6, 6.07) is 1.10. The Bertz CT molecular complexity index is 392. The van der Waals surface area contributed by atoms with E-state index in [-0.39, 0.29) is 5.69 Å². The van der Waals surface area contributed by atoms with Crippen molar-refractivity contribution in [2.24, 2.45) is 0 Å². The fourth-order valence-corrected chi connectivity index (χ4v) is 2.02. The molecule has 0 saturated carbocycles. The van der Waals surface area contributed by atoms with Gasteiger partial charge < -0.3 is 4.57 Å². The summed E-state index contributed by atoms with van der Waals surface area (Å²) in [4.78, 5) is 10.7. The number of hydrogen-bond donors (Lipinski definition) is 0. The first-order valence-corrected chi connectivity index (χ1v) is 4.79. The Kier molecular flexibility index (Phi) is 2.32. The summed E-state index contributed by atoms with van der Waals surface area (Å²) < 4.78 is 39.1. The summed E-state index contributed by atoms with van der Waals surface area (Å²) in [5.74, 6) is 0. The van der Waals surface area contributed by atoms with E-state index in [0.29, 0.717) is 24.9 Å². The number of carbonyl (C=O) groups excluding carboxylic acids is 1. The molecule has 0 unspecified atom stereocenters. The number of aldehydes is 1. The van der Waals surface area contributed by atoms with Crippen LogP contribution in [0.25, 0.3) is 0 Å². The van der Waals surface area contributed by atoms with Crippen molar-refractivity contribution in [1.29, 1.82) is 0 Å². The van der Waals surface area contributed by atoms with E-state index >= 15 is 0 Å². The predicted octanol–water partition coefficient (Wildman–Crippen LogP) is 2.66. The van der Waals surface area contributed by atoms with Crippen molar-refractivity contribution in [3.8, 4) is 0 Å². The lowest BCUT2D eigenvalue weighted by Crippen LogP contribution is -2.14. The Morgan fingerprint density at radius 2 is 2.07 bits per heavy atom. The average Bonchev–Trinajstić information content (AvgIpc) is 2.55. The molecular weight excluding hydrogens is 207 g/mol. The van der Waals surface area contributed by atoms with Crippen LogP contribution in [0.5, 0.6) is 0 Å². The van der Waals surface area contributed by atoms with Crippen molar-refractivity contribution in [3.05, 3.63) is 23.0 Å². The minimum absolute atomic E-state index is 0.225. The summed E-state index contributed by atoms with van der Waals surface area (Å²) in [5.41, 5.74) is -0.401. The highest BCUT2D eigenvalue weighted by Crippen LogP contribution is 2.35. The van der Waals surface area contributed by atoms with Gasteiger partial charge in [-0.1, -0.05) is 0 Å². The monoisotopic (exact) mass is 217 g/mol. The van der Waals surface area contributed by atoms with Crippen molar-refractivity contribution in [3.63, 3.8) is 0 Å². The summed E-state index contributed by atoms with van der Waals surface area (Å²) in [7, 11) is 0. The quantitative estimate of drug-likeness (QED) is 0.663. The lowest BCUT2D eigenvalue weighted by atomic mass is 10.1. The molecule has 2 rings (SSSR count). The van der Waals surface area contributed by atoms with E-state index in [4.69, 9.17) is 0 Å². The molecular formula is C10H10F3NO. The fraction of sp³-hybridized carbons (Fsp3) is 0.500. The van der Waals surface area contributed by atoms with Gasteiger partial charge in [0.05, 0.1) is 11.3 Å². The zero-order chi connectivity index (χ0) is 11.1. The van der Waals surface area contributed by atoms with E-state index in [1.165, 1.54) is 4.57 Å². The standard InChI is InChI=1S/C10H10F3NO/c11-10(12,13)8-5-7-3-1-2-4-14(7)9(8)6-15/h5-6H,1-4H2. The second-order valence-corrected chi connectivity index (χ2v) is 3.66. The van der Waals surface area contributed by atoms with Gasteiger partial charge in [-0.05, 0) is 25.3 Å². The van der Waals surface area contributed by atoms with Crippen LogP contribution in [-0.4, -0.2) is 10.9 Å². The topological polar surface area (TPSA) is 22.0 Å². The number of hydrogen-bond acceptors (Lipinski definition) is 1. The van der Waals surface area contributed by atoms with Crippen LogP contribution in [0.3, 0.4) is 0 Å². The molecule has 0 radical (unpaired) electrons. The Balaban J connectivity index is 2.56. The molecule has 0 fully saturated rings. The van der Waals surface area contributed by atoms with Crippen molar-refractivity contribution >= 4 is 6.29 Å². The summed E-state index contributed by atoms with van der Waals surface area (Å²) in [6.45, 7) is 0.513. The van der Waals surface area contributed by atoms with Gasteiger partial charge in [0.15, 0.2) is 6.29 Å². The average molecular weight is 217 g/mol. The first-order valence-electron chi connectivity index (χ1n) is 4.79. The van der Waals surface area contributed by atoms with Crippen LogP contribution in [0.4, 0.5) is 13.2 Å². The first kappa shape index (κ1) is 10.3. The van der Waals surface area contributed by atoms with Crippen LogP contribution >= 0.6 is 0 Å². The van der Waals surface area contributed by atoms with E-state index in [2.05, 4.69) is 0 Å². The van der Waals surface area contributed by atoms with Crippen LogP contribution in [0.1, 0.15) is 34.6 Å². The molecule has 0 bridgehead atoms. The third-order valence-electron chi connectivity index (χ3n) is 2.71. The minimum Gasteiger partial charge on any atom is -0.342 e. The molecule has 1 aromatic rings. The molecule has 82 valence electrons. The van der Waals surface area contributed by atoms with E-state index in [1.54, 1.807) is 0 Å². The highest BCUT2D eigenvalue weighted by Gasteiger charge is 2.36. The Hall–Kier alpha value is -1.26. The molecule has 0 saturated heterocycles. The van der Waals surface area contributed by atoms with E-state index < -0.39 is 11.7 Å². The molecule has 0 spiro atoms. The number of nitrogens with zero attached hydrogens (tertiary/aromatic N) is 1. The summed E-state index contributed by atoms with van der Waals surface area (Å²) >= 11 is 0. The molecule has 0 aliphatic carbocycles. The fourth-order valence-electron chi connectivity index (χ4n) is 2.02. The van der Waals surface area contributed by atoms with Crippen LogP contribution in [0, 0.1) is 0 Å². The van der Waals surface area contributed by atoms with Gasteiger partial charge in [0.25, 0.3) is 0 Å². The maximum Gasteiger partial charge on any atom is 0.418 e. The molecule has 0 aromatic carbocycles. The molecule has 2 nitrogen and oxygen atoms in total. The number of alkyl halides is 3. The zero-order valence-electron chi connectivity index (χ0n) is 7.97. The van der Waals surface area contributed by atoms with Gasteiger partial charge in [-0.15, -0.1) is 0 Å². The number of carbonyl (C=O) groups is 1. The van der Waals surface area contributed by atoms with Gasteiger partial charge in [0, 0.05) is 12.2 Å². The van der Waals surface area contributed by atoms with Gasteiger partial charge in [0.2, 0.25) is 0 Å². The molecule has 2 heterocycles. The third kappa shape index (κ3) is 1.66. The maximum absolute atomic E-state index is 12.5. The van der Waals surface area contributed by atoms with Crippen LogP contribution < -0.4 is 0 Å². The van der Waals surface area contributed by atoms with E-state index in [0.717, 1.165) is 18.9 Å². The minimum atomic E-state index is -4.43. The number of halogens is 3. The highest BCUT2D eigenvalue weighted by molar-refractivity contribution is 5.76. The van der Waals surface area contributed by atoms with Crippen molar-refractivity contribution in [2.75, 3.05) is 0 Å². The van der Waals surface area contributed by atoms with Gasteiger partial charge in [-0.3, -0.25) is 4.79 Å². The predicted molar refractivity (Wildman–Crippen MR) is 47.8 cm³/mol. The Morgan fingerprint density at radius 1 is 1.33 bits per heavy atom. The molecule has 1 aliphatic rings. The lowest BCUT2D eigenvalue weighted by molar-refractivity contribution is -0.137. The third-order valence-corrected chi connectivity index (χ3v) is 2.71. The Labute approximate surface area is 84.7 Å². The van der Waals surface area contributed by atoms with Gasteiger partial charge in [-0.2, -0.15) is 13.2 Å². The highest BCUT2D eigenvalue weighted by atomic mass is 19.4. The van der Waals surface area contributed by atoms with Crippen molar-refractivity contribution in [2.45, 2.75) is 32.0 Å². The normalized spacial score (nSPS) is 16.2. The summed E-state index contributed by atoms with van der Waals surface area (Å²) in [5, 5.41) is 0. The van der Waals surface area contributed by atoms with Crippen LogP contribution in [0.15, 0.2) is 6.07 Å². The van der Waals surface area contributed by atoms with Gasteiger partial charge >= 0.3 is 6.18 Å². The molecule has 15 heavy (non-hydrogen) atoms. The molecule has 0 atom stereocenters. The number of aryl methyl sites for hydroxylation is 1. The smallest absolute Gasteiger partial charge is 0.342 e. The maximum atomic E-state index is 12.5. The zero-order valence-corrected chi connectivity index (χ0v) is 7.97. The first-order chi connectivity index (χ1) is 7.04. The van der Waals surface area contributed by atoms with Gasteiger partial charge in [-0.25, -0.2) is 0 Å². The van der Waals surface area contributed by atoms with E-state index in [9.17, 15) is 18.0 Å². The lowest BCUT2D eigenvalue weighted by Gasteiger charge is -2.15. The molecule has 0 amide bonds. The van der Waals surface area contributed by atoms with Crippen molar-refractivity contribution < 1.29 is 18.0 Å². The molecule has 0 N–H and O–H groups in total. The van der Waals surface area contributed by atoms with Gasteiger partial charge in [0.1, 0.15) is 0 Å². The molecule has 1 aromatic heterocycles. The Morgan fingerprint density at radius 3 is 2.67 bits per heavy atom.